The minimum Gasteiger partial charge on any atom is -0.496 e. The van der Waals surface area contributed by atoms with Gasteiger partial charge >= 0.3 is 0 Å². The molecule has 1 aliphatic rings. The van der Waals surface area contributed by atoms with E-state index in [-0.39, 0.29) is 5.60 Å². The third-order valence-corrected chi connectivity index (χ3v) is 3.71. The van der Waals surface area contributed by atoms with Crippen LogP contribution in [0.5, 0.6) is 5.75 Å². The van der Waals surface area contributed by atoms with Gasteiger partial charge in [-0.25, -0.2) is 0 Å². The van der Waals surface area contributed by atoms with Gasteiger partial charge in [0.1, 0.15) is 5.75 Å². The van der Waals surface area contributed by atoms with Crippen molar-refractivity contribution in [2.75, 3.05) is 19.6 Å². The summed E-state index contributed by atoms with van der Waals surface area (Å²) in [6, 6.07) is 6.22. The maximum Gasteiger partial charge on any atom is 0.125 e. The zero-order chi connectivity index (χ0) is 12.3. The van der Waals surface area contributed by atoms with Gasteiger partial charge in [-0.1, -0.05) is 12.1 Å². The first-order valence-electron chi connectivity index (χ1n) is 6.07. The van der Waals surface area contributed by atoms with E-state index < -0.39 is 0 Å². The summed E-state index contributed by atoms with van der Waals surface area (Å²) in [5.74, 6) is 1.60. The number of ether oxygens (including phenoxy) is 2. The first-order chi connectivity index (χ1) is 8.21. The topological polar surface area (TPSA) is 18.5 Å². The van der Waals surface area contributed by atoms with Gasteiger partial charge in [0.25, 0.3) is 0 Å². The van der Waals surface area contributed by atoms with Gasteiger partial charge in [0.15, 0.2) is 0 Å². The van der Waals surface area contributed by atoms with E-state index in [9.17, 15) is 0 Å². The van der Waals surface area contributed by atoms with Crippen LogP contribution in [0.4, 0.5) is 0 Å². The molecule has 0 amide bonds. The average Bonchev–Trinajstić information content (AvgIpc) is 2.36. The standard InChI is InChI=1S/C14H19ClO2/c1-14(8-4-9-15)13-11(7-10-17-14)5-3-6-12(13)16-2/h3,5-6H,4,7-10H2,1-2H3. The highest BCUT2D eigenvalue weighted by atomic mass is 35.5. The van der Waals surface area contributed by atoms with Crippen LogP contribution in [0.15, 0.2) is 18.2 Å². The minimum atomic E-state index is -0.255. The van der Waals surface area contributed by atoms with Crippen molar-refractivity contribution in [2.45, 2.75) is 31.8 Å². The molecule has 1 aromatic carbocycles. The maximum atomic E-state index is 6.00. The van der Waals surface area contributed by atoms with E-state index in [4.69, 9.17) is 21.1 Å². The number of hydrogen-bond donors (Lipinski definition) is 0. The van der Waals surface area contributed by atoms with Gasteiger partial charge in [0.2, 0.25) is 0 Å². The Morgan fingerprint density at radius 1 is 1.47 bits per heavy atom. The van der Waals surface area contributed by atoms with Gasteiger partial charge in [-0.15, -0.1) is 11.6 Å². The fourth-order valence-corrected chi connectivity index (χ4v) is 2.75. The molecule has 1 atom stereocenters. The molecule has 1 aliphatic heterocycles. The highest BCUT2D eigenvalue weighted by molar-refractivity contribution is 6.17. The van der Waals surface area contributed by atoms with Crippen molar-refractivity contribution in [3.63, 3.8) is 0 Å². The van der Waals surface area contributed by atoms with Crippen LogP contribution < -0.4 is 4.74 Å². The van der Waals surface area contributed by atoms with Gasteiger partial charge < -0.3 is 9.47 Å². The zero-order valence-electron chi connectivity index (χ0n) is 10.5. The van der Waals surface area contributed by atoms with Crippen molar-refractivity contribution in [3.05, 3.63) is 29.3 Å². The number of rotatable bonds is 4. The molecule has 0 radical (unpaired) electrons. The molecule has 2 rings (SSSR count). The minimum absolute atomic E-state index is 0.255. The molecular formula is C14H19ClO2. The van der Waals surface area contributed by atoms with Crippen LogP contribution >= 0.6 is 11.6 Å². The molecule has 3 heteroatoms. The summed E-state index contributed by atoms with van der Waals surface area (Å²) in [4.78, 5) is 0. The zero-order valence-corrected chi connectivity index (χ0v) is 11.2. The molecule has 1 heterocycles. The summed E-state index contributed by atoms with van der Waals surface area (Å²) in [5, 5.41) is 0. The predicted octanol–water partition coefficient (Wildman–Crippen LogP) is 3.50. The van der Waals surface area contributed by atoms with Crippen molar-refractivity contribution in [1.29, 1.82) is 0 Å². The SMILES string of the molecule is COc1cccc2c1C(C)(CCCCl)OCC2. The Labute approximate surface area is 108 Å². The van der Waals surface area contributed by atoms with Crippen molar-refractivity contribution >= 4 is 11.6 Å². The maximum absolute atomic E-state index is 6.00. The highest BCUT2D eigenvalue weighted by Gasteiger charge is 2.35. The van der Waals surface area contributed by atoms with Crippen LogP contribution in [0.3, 0.4) is 0 Å². The average molecular weight is 255 g/mol. The summed E-state index contributed by atoms with van der Waals surface area (Å²) in [5.41, 5.74) is 2.29. The molecule has 0 fully saturated rings. The third kappa shape index (κ3) is 2.43. The molecular weight excluding hydrogens is 236 g/mol. The van der Waals surface area contributed by atoms with Crippen LogP contribution in [0.25, 0.3) is 0 Å². The fraction of sp³-hybridized carbons (Fsp3) is 0.571. The van der Waals surface area contributed by atoms with E-state index in [0.717, 1.165) is 31.6 Å². The predicted molar refractivity (Wildman–Crippen MR) is 70.0 cm³/mol. The molecule has 0 saturated carbocycles. The van der Waals surface area contributed by atoms with Gasteiger partial charge in [-0.2, -0.15) is 0 Å². The van der Waals surface area contributed by atoms with Crippen LogP contribution in [-0.2, 0) is 16.8 Å². The fourth-order valence-electron chi connectivity index (χ4n) is 2.61. The Morgan fingerprint density at radius 2 is 2.29 bits per heavy atom. The molecule has 0 saturated heterocycles. The number of fused-ring (bicyclic) bond motifs is 1. The smallest absolute Gasteiger partial charge is 0.125 e. The number of methoxy groups -OCH3 is 1. The Bertz CT molecular complexity index is 378. The Morgan fingerprint density at radius 3 is 3.00 bits per heavy atom. The van der Waals surface area contributed by atoms with E-state index in [1.54, 1.807) is 7.11 Å². The van der Waals surface area contributed by atoms with E-state index in [1.807, 2.05) is 12.1 Å². The molecule has 0 spiro atoms. The van der Waals surface area contributed by atoms with Crippen molar-refractivity contribution in [1.82, 2.24) is 0 Å². The second-order valence-electron chi connectivity index (χ2n) is 4.62. The number of benzene rings is 1. The molecule has 2 nitrogen and oxygen atoms in total. The molecule has 17 heavy (non-hydrogen) atoms. The highest BCUT2D eigenvalue weighted by Crippen LogP contribution is 2.41. The van der Waals surface area contributed by atoms with Crippen LogP contribution in [-0.4, -0.2) is 19.6 Å². The first-order valence-corrected chi connectivity index (χ1v) is 6.61. The first kappa shape index (κ1) is 12.7. The summed E-state index contributed by atoms with van der Waals surface area (Å²) in [7, 11) is 1.71. The molecule has 0 aromatic heterocycles. The number of halogens is 1. The molecule has 0 N–H and O–H groups in total. The van der Waals surface area contributed by atoms with Gasteiger partial charge in [-0.05, 0) is 37.8 Å². The quantitative estimate of drug-likeness (QED) is 0.766. The summed E-state index contributed by atoms with van der Waals surface area (Å²) < 4.78 is 11.5. The Kier molecular flexibility index (Phi) is 3.95. The Hall–Kier alpha value is -0.730. The van der Waals surface area contributed by atoms with Crippen LogP contribution in [0, 0.1) is 0 Å². The largest absolute Gasteiger partial charge is 0.496 e. The van der Waals surface area contributed by atoms with E-state index >= 15 is 0 Å². The lowest BCUT2D eigenvalue weighted by molar-refractivity contribution is -0.0540. The summed E-state index contributed by atoms with van der Waals surface area (Å²) >= 11 is 5.80. The molecule has 0 bridgehead atoms. The molecule has 1 unspecified atom stereocenters. The van der Waals surface area contributed by atoms with Crippen molar-refractivity contribution in [2.24, 2.45) is 0 Å². The van der Waals surface area contributed by atoms with E-state index in [1.165, 1.54) is 11.1 Å². The van der Waals surface area contributed by atoms with E-state index in [2.05, 4.69) is 13.0 Å². The lowest BCUT2D eigenvalue weighted by Crippen LogP contribution is -2.33. The second kappa shape index (κ2) is 5.28. The normalized spacial score (nSPS) is 23.2. The van der Waals surface area contributed by atoms with Crippen LogP contribution in [0.2, 0.25) is 0 Å². The molecule has 94 valence electrons. The summed E-state index contributed by atoms with van der Waals surface area (Å²) in [6.07, 6.45) is 2.85. The van der Waals surface area contributed by atoms with Gasteiger partial charge in [0, 0.05) is 11.4 Å². The third-order valence-electron chi connectivity index (χ3n) is 3.44. The van der Waals surface area contributed by atoms with Gasteiger partial charge in [-0.3, -0.25) is 0 Å². The number of alkyl halides is 1. The number of hydrogen-bond acceptors (Lipinski definition) is 2. The monoisotopic (exact) mass is 254 g/mol. The molecule has 1 aromatic rings. The lowest BCUT2D eigenvalue weighted by Gasteiger charge is -2.37. The molecule has 0 aliphatic carbocycles. The second-order valence-corrected chi connectivity index (χ2v) is 4.99. The van der Waals surface area contributed by atoms with Crippen molar-refractivity contribution < 1.29 is 9.47 Å². The van der Waals surface area contributed by atoms with E-state index in [0.29, 0.717) is 5.88 Å². The van der Waals surface area contributed by atoms with Crippen LogP contribution in [0.1, 0.15) is 30.9 Å². The van der Waals surface area contributed by atoms with Crippen molar-refractivity contribution in [3.8, 4) is 5.75 Å². The summed E-state index contributed by atoms with van der Waals surface area (Å²) in [6.45, 7) is 2.92. The van der Waals surface area contributed by atoms with Gasteiger partial charge in [0.05, 0.1) is 19.3 Å². The Balaban J connectivity index is 2.41. The lowest BCUT2D eigenvalue weighted by atomic mass is 9.84.